The zero-order valence-corrected chi connectivity index (χ0v) is 9.40. The highest BCUT2D eigenvalue weighted by atomic mass is 32.1. The third kappa shape index (κ3) is 1.55. The van der Waals surface area contributed by atoms with Gasteiger partial charge < -0.3 is 5.73 Å². The van der Waals surface area contributed by atoms with E-state index >= 15 is 0 Å². The van der Waals surface area contributed by atoms with E-state index in [-0.39, 0.29) is 0 Å². The molecule has 0 aliphatic carbocycles. The second kappa shape index (κ2) is 3.71. The Kier molecular flexibility index (Phi) is 2.56. The van der Waals surface area contributed by atoms with Crippen molar-refractivity contribution < 1.29 is 0 Å². The minimum atomic E-state index is 0.762. The van der Waals surface area contributed by atoms with Gasteiger partial charge in [0.15, 0.2) is 4.96 Å². The fourth-order valence-electron chi connectivity index (χ4n) is 1.50. The zero-order chi connectivity index (χ0) is 10.1. The van der Waals surface area contributed by atoms with Gasteiger partial charge in [-0.1, -0.05) is 0 Å². The van der Waals surface area contributed by atoms with Gasteiger partial charge in [-0.15, -0.1) is 11.3 Å². The molecule has 0 amide bonds. The van der Waals surface area contributed by atoms with E-state index in [0.29, 0.717) is 0 Å². The maximum absolute atomic E-state index is 5.48. The van der Waals surface area contributed by atoms with E-state index < -0.39 is 0 Å². The number of aromatic nitrogens is 2. The SMILES string of the molecule is Cc1nc2sc(CCCN)cn2c1C. The molecule has 0 spiro atoms. The molecule has 76 valence electrons. The second-order valence-corrected chi connectivity index (χ2v) is 4.62. The van der Waals surface area contributed by atoms with E-state index in [1.54, 1.807) is 11.3 Å². The summed E-state index contributed by atoms with van der Waals surface area (Å²) in [6.45, 7) is 4.92. The average Bonchev–Trinajstić information content (AvgIpc) is 2.66. The van der Waals surface area contributed by atoms with Crippen molar-refractivity contribution >= 4 is 16.3 Å². The lowest BCUT2D eigenvalue weighted by Crippen LogP contribution is -1.99. The molecule has 0 saturated heterocycles. The fraction of sp³-hybridized carbons (Fsp3) is 0.500. The maximum Gasteiger partial charge on any atom is 0.194 e. The number of aryl methyl sites for hydroxylation is 3. The first-order valence-electron chi connectivity index (χ1n) is 4.86. The van der Waals surface area contributed by atoms with Crippen LogP contribution in [0.3, 0.4) is 0 Å². The predicted octanol–water partition coefficient (Wildman–Crippen LogP) is 1.90. The van der Waals surface area contributed by atoms with Crippen molar-refractivity contribution in [3.05, 3.63) is 22.5 Å². The molecule has 2 rings (SSSR count). The molecular weight excluding hydrogens is 194 g/mol. The van der Waals surface area contributed by atoms with Gasteiger partial charge in [-0.3, -0.25) is 4.40 Å². The first-order chi connectivity index (χ1) is 6.72. The first kappa shape index (κ1) is 9.68. The van der Waals surface area contributed by atoms with Crippen molar-refractivity contribution in [3.63, 3.8) is 0 Å². The van der Waals surface area contributed by atoms with Crippen molar-refractivity contribution in [2.75, 3.05) is 6.54 Å². The Labute approximate surface area is 87.6 Å². The van der Waals surface area contributed by atoms with Gasteiger partial charge >= 0.3 is 0 Å². The molecule has 0 aliphatic rings. The number of hydrogen-bond acceptors (Lipinski definition) is 3. The maximum atomic E-state index is 5.48. The van der Waals surface area contributed by atoms with Gasteiger partial charge in [-0.2, -0.15) is 0 Å². The third-order valence-electron chi connectivity index (χ3n) is 2.48. The van der Waals surface area contributed by atoms with Crippen LogP contribution in [0.2, 0.25) is 0 Å². The molecule has 0 unspecified atom stereocenters. The largest absolute Gasteiger partial charge is 0.330 e. The van der Waals surface area contributed by atoms with Crippen molar-refractivity contribution in [2.45, 2.75) is 26.7 Å². The molecule has 2 aromatic rings. The summed E-state index contributed by atoms with van der Waals surface area (Å²) >= 11 is 1.77. The summed E-state index contributed by atoms with van der Waals surface area (Å²) in [7, 11) is 0. The van der Waals surface area contributed by atoms with Crippen LogP contribution in [0.4, 0.5) is 0 Å². The standard InChI is InChI=1S/C10H15N3S/c1-7-8(2)13-6-9(4-3-5-11)14-10(13)12-7/h6H,3-5,11H2,1-2H3. The molecule has 0 atom stereocenters. The van der Waals surface area contributed by atoms with Gasteiger partial charge in [0.1, 0.15) is 0 Å². The van der Waals surface area contributed by atoms with Gasteiger partial charge in [0.05, 0.1) is 5.69 Å². The normalized spacial score (nSPS) is 11.4. The zero-order valence-electron chi connectivity index (χ0n) is 8.58. The molecule has 2 N–H and O–H groups in total. The highest BCUT2D eigenvalue weighted by Crippen LogP contribution is 2.21. The van der Waals surface area contributed by atoms with Crippen LogP contribution >= 0.6 is 11.3 Å². The molecule has 0 bridgehead atoms. The van der Waals surface area contributed by atoms with E-state index in [4.69, 9.17) is 5.73 Å². The number of rotatable bonds is 3. The van der Waals surface area contributed by atoms with Gasteiger partial charge in [0, 0.05) is 16.8 Å². The third-order valence-corrected chi connectivity index (χ3v) is 3.52. The van der Waals surface area contributed by atoms with Gasteiger partial charge in [-0.25, -0.2) is 4.98 Å². The highest BCUT2D eigenvalue weighted by molar-refractivity contribution is 7.17. The van der Waals surface area contributed by atoms with Crippen molar-refractivity contribution in [1.29, 1.82) is 0 Å². The van der Waals surface area contributed by atoms with Crippen LogP contribution in [0.25, 0.3) is 4.96 Å². The van der Waals surface area contributed by atoms with Crippen LogP contribution in [0.5, 0.6) is 0 Å². The minimum Gasteiger partial charge on any atom is -0.330 e. The lowest BCUT2D eigenvalue weighted by molar-refractivity contribution is 0.839. The predicted molar refractivity (Wildman–Crippen MR) is 59.9 cm³/mol. The van der Waals surface area contributed by atoms with Crippen LogP contribution in [-0.2, 0) is 6.42 Å². The minimum absolute atomic E-state index is 0.762. The Bertz CT molecular complexity index is 441. The van der Waals surface area contributed by atoms with E-state index in [1.165, 1.54) is 10.6 Å². The second-order valence-electron chi connectivity index (χ2n) is 3.52. The molecule has 0 saturated carbocycles. The van der Waals surface area contributed by atoms with Crippen LogP contribution in [0, 0.1) is 13.8 Å². The van der Waals surface area contributed by atoms with Crippen molar-refractivity contribution in [2.24, 2.45) is 5.73 Å². The Morgan fingerprint density at radius 2 is 2.29 bits per heavy atom. The fourth-order valence-corrected chi connectivity index (χ4v) is 2.61. The number of nitrogens with zero attached hydrogens (tertiary/aromatic N) is 2. The van der Waals surface area contributed by atoms with E-state index in [0.717, 1.165) is 30.0 Å². The van der Waals surface area contributed by atoms with Crippen molar-refractivity contribution in [1.82, 2.24) is 9.38 Å². The van der Waals surface area contributed by atoms with Crippen LogP contribution in [0.1, 0.15) is 22.7 Å². The van der Waals surface area contributed by atoms with Crippen LogP contribution in [0.15, 0.2) is 6.20 Å². The number of fused-ring (bicyclic) bond motifs is 1. The number of hydrogen-bond donors (Lipinski definition) is 1. The lowest BCUT2D eigenvalue weighted by Gasteiger charge is -1.92. The van der Waals surface area contributed by atoms with Gasteiger partial charge in [-0.05, 0) is 33.2 Å². The van der Waals surface area contributed by atoms with Gasteiger partial charge in [0.25, 0.3) is 0 Å². The quantitative estimate of drug-likeness (QED) is 0.839. The van der Waals surface area contributed by atoms with Crippen molar-refractivity contribution in [3.8, 4) is 0 Å². The molecule has 0 fully saturated rings. The molecule has 3 nitrogen and oxygen atoms in total. The number of imidazole rings is 1. The van der Waals surface area contributed by atoms with E-state index in [9.17, 15) is 0 Å². The summed E-state index contributed by atoms with van der Waals surface area (Å²) in [4.78, 5) is 6.97. The summed E-state index contributed by atoms with van der Waals surface area (Å²) in [5.41, 5.74) is 7.85. The van der Waals surface area contributed by atoms with E-state index in [2.05, 4.69) is 29.4 Å². The summed E-state index contributed by atoms with van der Waals surface area (Å²) in [5.74, 6) is 0. The monoisotopic (exact) mass is 209 g/mol. The van der Waals surface area contributed by atoms with Gasteiger partial charge in [0.2, 0.25) is 0 Å². The Morgan fingerprint density at radius 3 is 2.93 bits per heavy atom. The highest BCUT2D eigenvalue weighted by Gasteiger charge is 2.07. The molecule has 2 heterocycles. The Hall–Kier alpha value is -0.870. The smallest absolute Gasteiger partial charge is 0.194 e. The average molecular weight is 209 g/mol. The molecule has 0 aromatic carbocycles. The number of thiazole rings is 1. The molecule has 0 aliphatic heterocycles. The first-order valence-corrected chi connectivity index (χ1v) is 5.68. The molecule has 4 heteroatoms. The summed E-state index contributed by atoms with van der Waals surface area (Å²) in [6, 6.07) is 0. The lowest BCUT2D eigenvalue weighted by atomic mass is 10.3. The van der Waals surface area contributed by atoms with Crippen LogP contribution in [-0.4, -0.2) is 15.9 Å². The summed E-state index contributed by atoms with van der Waals surface area (Å²) < 4.78 is 2.17. The number of nitrogens with two attached hydrogens (primary N) is 1. The van der Waals surface area contributed by atoms with Crippen LogP contribution < -0.4 is 5.73 Å². The topological polar surface area (TPSA) is 43.3 Å². The Balaban J connectivity index is 2.34. The summed E-state index contributed by atoms with van der Waals surface area (Å²) in [6.07, 6.45) is 4.32. The molecule has 0 radical (unpaired) electrons. The van der Waals surface area contributed by atoms with E-state index in [1.807, 2.05) is 0 Å². The Morgan fingerprint density at radius 1 is 1.50 bits per heavy atom. The summed E-state index contributed by atoms with van der Waals surface area (Å²) in [5, 5.41) is 0. The molecular formula is C10H15N3S. The molecule has 14 heavy (non-hydrogen) atoms. The molecule has 2 aromatic heterocycles.